The van der Waals surface area contributed by atoms with E-state index in [1.165, 1.54) is 0 Å². The van der Waals surface area contributed by atoms with Crippen LogP contribution in [0.1, 0.15) is 26.2 Å². The zero-order chi connectivity index (χ0) is 6.91. The van der Waals surface area contributed by atoms with Crippen LogP contribution in [0.3, 0.4) is 0 Å². The first kappa shape index (κ1) is 7.36. The number of aliphatic hydroxyl groups is 1. The van der Waals surface area contributed by atoms with Gasteiger partial charge in [-0.25, -0.2) is 0 Å². The number of rotatable bonds is 3. The van der Waals surface area contributed by atoms with Gasteiger partial charge in [-0.2, -0.15) is 0 Å². The van der Waals surface area contributed by atoms with E-state index in [0.717, 1.165) is 19.3 Å². The summed E-state index contributed by atoms with van der Waals surface area (Å²) in [6.07, 6.45) is 2.83. The Morgan fingerprint density at radius 1 is 1.78 bits per heavy atom. The largest absolute Gasteiger partial charge is 0.390 e. The highest BCUT2D eigenvalue weighted by Crippen LogP contribution is 2.48. The van der Waals surface area contributed by atoms with Gasteiger partial charge in [0.15, 0.2) is 0 Å². The molecular formula is C7H13ClO. The third-order valence-electron chi connectivity index (χ3n) is 2.22. The normalized spacial score (nSPS) is 41.0. The van der Waals surface area contributed by atoms with Crippen LogP contribution in [0.2, 0.25) is 0 Å². The van der Waals surface area contributed by atoms with Crippen molar-refractivity contribution in [2.24, 2.45) is 5.92 Å². The molecule has 0 amide bonds. The lowest BCUT2D eigenvalue weighted by molar-refractivity contribution is 0.127. The molecule has 54 valence electrons. The molecule has 1 aliphatic carbocycles. The van der Waals surface area contributed by atoms with Crippen LogP contribution in [-0.4, -0.2) is 16.6 Å². The lowest BCUT2D eigenvalue weighted by Crippen LogP contribution is -2.10. The second kappa shape index (κ2) is 2.47. The molecular weight excluding hydrogens is 136 g/mol. The fraction of sp³-hybridized carbons (Fsp3) is 1.00. The molecule has 0 spiro atoms. The van der Waals surface area contributed by atoms with Gasteiger partial charge in [0, 0.05) is 5.88 Å². The molecule has 0 aromatic rings. The summed E-state index contributed by atoms with van der Waals surface area (Å²) in [6, 6.07) is 0. The standard InChI is InChI=1S/C7H13ClO/c1-2-6-5-7(6,9)3-4-8/h6,9H,2-5H2,1H3/t6-,7-/m0/s1. The molecule has 0 heterocycles. The van der Waals surface area contributed by atoms with Crippen molar-refractivity contribution in [3.63, 3.8) is 0 Å². The van der Waals surface area contributed by atoms with Crippen LogP contribution in [0.4, 0.5) is 0 Å². The van der Waals surface area contributed by atoms with Crippen LogP contribution in [0, 0.1) is 5.92 Å². The van der Waals surface area contributed by atoms with Crippen molar-refractivity contribution in [3.8, 4) is 0 Å². The zero-order valence-corrected chi connectivity index (χ0v) is 6.49. The van der Waals surface area contributed by atoms with E-state index in [4.69, 9.17) is 11.6 Å². The number of halogens is 1. The third kappa shape index (κ3) is 1.39. The van der Waals surface area contributed by atoms with Crippen molar-refractivity contribution in [1.29, 1.82) is 0 Å². The van der Waals surface area contributed by atoms with Crippen molar-refractivity contribution in [2.75, 3.05) is 5.88 Å². The smallest absolute Gasteiger partial charge is 0.0691 e. The highest BCUT2D eigenvalue weighted by Gasteiger charge is 2.50. The number of hydrogen-bond acceptors (Lipinski definition) is 1. The minimum absolute atomic E-state index is 0.365. The Morgan fingerprint density at radius 2 is 2.44 bits per heavy atom. The lowest BCUT2D eigenvalue weighted by atomic mass is 10.2. The zero-order valence-electron chi connectivity index (χ0n) is 5.73. The van der Waals surface area contributed by atoms with Gasteiger partial charge < -0.3 is 5.11 Å². The van der Waals surface area contributed by atoms with Crippen LogP contribution < -0.4 is 0 Å². The van der Waals surface area contributed by atoms with Crippen molar-refractivity contribution >= 4 is 11.6 Å². The first-order valence-electron chi connectivity index (χ1n) is 3.51. The molecule has 1 fully saturated rings. The van der Waals surface area contributed by atoms with E-state index in [2.05, 4.69) is 6.92 Å². The Bertz CT molecular complexity index is 105. The molecule has 0 aromatic carbocycles. The van der Waals surface area contributed by atoms with Crippen molar-refractivity contribution in [1.82, 2.24) is 0 Å². The monoisotopic (exact) mass is 148 g/mol. The molecule has 1 aliphatic rings. The molecule has 1 N–H and O–H groups in total. The molecule has 9 heavy (non-hydrogen) atoms. The van der Waals surface area contributed by atoms with E-state index in [9.17, 15) is 5.11 Å². The van der Waals surface area contributed by atoms with Crippen molar-refractivity contribution in [3.05, 3.63) is 0 Å². The number of alkyl halides is 1. The molecule has 1 saturated carbocycles. The summed E-state index contributed by atoms with van der Waals surface area (Å²) in [5.41, 5.74) is -0.365. The molecule has 0 aromatic heterocycles. The molecule has 2 atom stereocenters. The highest BCUT2D eigenvalue weighted by atomic mass is 35.5. The predicted octanol–water partition coefficient (Wildman–Crippen LogP) is 1.78. The van der Waals surface area contributed by atoms with Gasteiger partial charge >= 0.3 is 0 Å². The number of hydrogen-bond donors (Lipinski definition) is 1. The fourth-order valence-electron chi connectivity index (χ4n) is 1.36. The summed E-state index contributed by atoms with van der Waals surface area (Å²) in [5, 5.41) is 9.50. The van der Waals surface area contributed by atoms with Gasteiger partial charge in [0.1, 0.15) is 0 Å². The highest BCUT2D eigenvalue weighted by molar-refractivity contribution is 6.17. The van der Waals surface area contributed by atoms with Crippen molar-refractivity contribution < 1.29 is 5.11 Å². The molecule has 0 unspecified atom stereocenters. The minimum Gasteiger partial charge on any atom is -0.390 e. The molecule has 0 saturated heterocycles. The Balaban J connectivity index is 2.25. The first-order valence-corrected chi connectivity index (χ1v) is 4.04. The van der Waals surface area contributed by atoms with Gasteiger partial charge in [-0.1, -0.05) is 13.3 Å². The van der Waals surface area contributed by atoms with E-state index in [-0.39, 0.29) is 5.60 Å². The molecule has 0 aliphatic heterocycles. The Labute approximate surface area is 61.0 Å². The van der Waals surface area contributed by atoms with Gasteiger partial charge in [-0.3, -0.25) is 0 Å². The van der Waals surface area contributed by atoms with Crippen LogP contribution in [0.25, 0.3) is 0 Å². The summed E-state index contributed by atoms with van der Waals surface area (Å²) in [6.45, 7) is 2.11. The van der Waals surface area contributed by atoms with E-state index in [0.29, 0.717) is 11.8 Å². The summed E-state index contributed by atoms with van der Waals surface area (Å²) in [5.74, 6) is 1.13. The maximum absolute atomic E-state index is 9.50. The SMILES string of the molecule is CC[C@H]1C[C@@]1(O)CCCl. The maximum atomic E-state index is 9.50. The van der Waals surface area contributed by atoms with Gasteiger partial charge in [0.05, 0.1) is 5.60 Å². The third-order valence-corrected chi connectivity index (χ3v) is 2.41. The molecule has 0 radical (unpaired) electrons. The van der Waals surface area contributed by atoms with Crippen LogP contribution in [0.5, 0.6) is 0 Å². The quantitative estimate of drug-likeness (QED) is 0.605. The Hall–Kier alpha value is 0.250. The van der Waals surface area contributed by atoms with Gasteiger partial charge in [0.2, 0.25) is 0 Å². The van der Waals surface area contributed by atoms with Gasteiger partial charge in [-0.15, -0.1) is 11.6 Å². The lowest BCUT2D eigenvalue weighted by Gasteiger charge is -2.04. The van der Waals surface area contributed by atoms with Crippen LogP contribution >= 0.6 is 11.6 Å². The summed E-state index contributed by atoms with van der Waals surface area (Å²) in [7, 11) is 0. The summed E-state index contributed by atoms with van der Waals surface area (Å²) < 4.78 is 0. The van der Waals surface area contributed by atoms with Gasteiger partial charge in [0.25, 0.3) is 0 Å². The second-order valence-electron chi connectivity index (χ2n) is 2.85. The minimum atomic E-state index is -0.365. The fourth-order valence-corrected chi connectivity index (χ4v) is 1.69. The molecule has 2 heteroatoms. The summed E-state index contributed by atoms with van der Waals surface area (Å²) in [4.78, 5) is 0. The van der Waals surface area contributed by atoms with Crippen LogP contribution in [0.15, 0.2) is 0 Å². The van der Waals surface area contributed by atoms with E-state index >= 15 is 0 Å². The average Bonchev–Trinajstić information content (AvgIpc) is 2.43. The predicted molar refractivity (Wildman–Crippen MR) is 38.7 cm³/mol. The Morgan fingerprint density at radius 3 is 2.78 bits per heavy atom. The first-order chi connectivity index (χ1) is 4.23. The molecule has 1 rings (SSSR count). The topological polar surface area (TPSA) is 20.2 Å². The molecule has 1 nitrogen and oxygen atoms in total. The summed E-state index contributed by atoms with van der Waals surface area (Å²) >= 11 is 5.49. The second-order valence-corrected chi connectivity index (χ2v) is 3.23. The van der Waals surface area contributed by atoms with Gasteiger partial charge in [-0.05, 0) is 18.8 Å². The van der Waals surface area contributed by atoms with E-state index in [1.54, 1.807) is 0 Å². The molecule has 0 bridgehead atoms. The van der Waals surface area contributed by atoms with Crippen LogP contribution in [-0.2, 0) is 0 Å². The van der Waals surface area contributed by atoms with Crippen molar-refractivity contribution in [2.45, 2.75) is 31.8 Å². The Kier molecular flexibility index (Phi) is 2.02. The van der Waals surface area contributed by atoms with E-state index < -0.39 is 0 Å². The average molecular weight is 149 g/mol. The van der Waals surface area contributed by atoms with E-state index in [1.807, 2.05) is 0 Å². The maximum Gasteiger partial charge on any atom is 0.0691 e.